The molecule has 0 radical (unpaired) electrons. The molecule has 1 unspecified atom stereocenters. The Morgan fingerprint density at radius 2 is 1.67 bits per heavy atom. The molecule has 0 fully saturated rings. The molecule has 150 valence electrons. The van der Waals surface area contributed by atoms with E-state index in [0.29, 0.717) is 18.8 Å². The molecule has 4 aromatic rings. The normalized spacial score (nSPS) is 11.6. The summed E-state index contributed by atoms with van der Waals surface area (Å²) in [5.41, 5.74) is 2.90. The third-order valence-electron chi connectivity index (χ3n) is 4.61. The molecule has 1 heterocycles. The van der Waals surface area contributed by atoms with Gasteiger partial charge < -0.3 is 10.1 Å². The summed E-state index contributed by atoms with van der Waals surface area (Å²) in [4.78, 5) is 17.0. The predicted molar refractivity (Wildman–Crippen MR) is 114 cm³/mol. The predicted octanol–water partition coefficient (Wildman–Crippen LogP) is 3.76. The summed E-state index contributed by atoms with van der Waals surface area (Å²) >= 11 is 0. The molecular weight excluding hydrogens is 376 g/mol. The van der Waals surface area contributed by atoms with E-state index in [0.717, 1.165) is 16.7 Å². The van der Waals surface area contributed by atoms with Gasteiger partial charge in [-0.1, -0.05) is 72.8 Å². The van der Waals surface area contributed by atoms with Gasteiger partial charge in [0.15, 0.2) is 0 Å². The van der Waals surface area contributed by atoms with Crippen LogP contribution in [0.2, 0.25) is 0 Å². The Labute approximate surface area is 175 Å². The maximum Gasteiger partial charge on any atom is 0.266 e. The molecule has 0 saturated carbocycles. The molecule has 1 aromatic heterocycles. The van der Waals surface area contributed by atoms with Gasteiger partial charge in [0.25, 0.3) is 5.91 Å². The number of ether oxygens (including phenoxy) is 1. The van der Waals surface area contributed by atoms with E-state index in [1.54, 1.807) is 11.0 Å². The van der Waals surface area contributed by atoms with Crippen LogP contribution in [0, 0.1) is 0 Å². The highest BCUT2D eigenvalue weighted by molar-refractivity contribution is 5.82. The number of carbonyl (C=O) groups excluding carboxylic acids is 1. The second-order valence-electron chi connectivity index (χ2n) is 6.85. The number of aromatic nitrogens is 3. The Morgan fingerprint density at radius 1 is 0.933 bits per heavy atom. The minimum Gasteiger partial charge on any atom is -0.476 e. The zero-order valence-corrected chi connectivity index (χ0v) is 16.4. The van der Waals surface area contributed by atoms with Crippen LogP contribution in [0.3, 0.4) is 0 Å². The average molecular weight is 398 g/mol. The number of para-hydroxylation sites is 1. The second-order valence-corrected chi connectivity index (χ2v) is 6.85. The lowest BCUT2D eigenvalue weighted by Gasteiger charge is -2.19. The van der Waals surface area contributed by atoms with Crippen LogP contribution in [0.25, 0.3) is 0 Å². The van der Waals surface area contributed by atoms with Gasteiger partial charge in [-0.3, -0.25) is 4.79 Å². The topological polar surface area (TPSA) is 69.0 Å². The first-order valence-corrected chi connectivity index (χ1v) is 9.72. The summed E-state index contributed by atoms with van der Waals surface area (Å²) in [7, 11) is 0. The van der Waals surface area contributed by atoms with E-state index in [1.807, 2.05) is 78.9 Å². The molecule has 30 heavy (non-hydrogen) atoms. The summed E-state index contributed by atoms with van der Waals surface area (Å²) in [6.07, 6.45) is 2.47. The zero-order valence-electron chi connectivity index (χ0n) is 16.4. The Balaban J connectivity index is 1.45. The number of carbonyl (C=O) groups is 1. The maximum absolute atomic E-state index is 13.0. The van der Waals surface area contributed by atoms with Crippen LogP contribution in [-0.2, 0) is 17.9 Å². The van der Waals surface area contributed by atoms with Gasteiger partial charge in [-0.15, -0.1) is 0 Å². The van der Waals surface area contributed by atoms with Gasteiger partial charge in [-0.25, -0.2) is 9.67 Å². The molecule has 1 amide bonds. The van der Waals surface area contributed by atoms with Gasteiger partial charge in [-0.05, 0) is 23.3 Å². The molecule has 4 rings (SSSR count). The minimum absolute atomic E-state index is 0.188. The van der Waals surface area contributed by atoms with Crippen molar-refractivity contribution in [2.24, 2.45) is 0 Å². The number of rotatable bonds is 8. The van der Waals surface area contributed by atoms with Crippen molar-refractivity contribution in [1.29, 1.82) is 0 Å². The van der Waals surface area contributed by atoms with E-state index < -0.39 is 6.10 Å². The third kappa shape index (κ3) is 5.11. The number of amides is 1. The Kier molecular flexibility index (Phi) is 6.15. The van der Waals surface area contributed by atoms with Crippen LogP contribution in [0.15, 0.2) is 97.6 Å². The lowest BCUT2D eigenvalue weighted by molar-refractivity contribution is -0.128. The summed E-state index contributed by atoms with van der Waals surface area (Å²) in [5.74, 6) is 0.461. The SMILES string of the molecule is O=C(NCc1cccc(Cn2cncn2)c1)C(Oc1ccccc1)c1ccccc1. The molecule has 0 aliphatic carbocycles. The van der Waals surface area contributed by atoms with Gasteiger partial charge in [0.05, 0.1) is 6.54 Å². The number of benzene rings is 3. The fourth-order valence-electron chi connectivity index (χ4n) is 3.16. The van der Waals surface area contributed by atoms with Crippen molar-refractivity contribution in [3.05, 3.63) is 114 Å². The quantitative estimate of drug-likeness (QED) is 0.491. The largest absolute Gasteiger partial charge is 0.476 e. The molecule has 0 aliphatic heterocycles. The summed E-state index contributed by atoms with van der Waals surface area (Å²) in [5, 5.41) is 7.14. The molecular formula is C24H22N4O2. The van der Waals surface area contributed by atoms with Gasteiger partial charge in [0, 0.05) is 12.1 Å². The summed E-state index contributed by atoms with van der Waals surface area (Å²) in [6, 6.07) is 26.9. The van der Waals surface area contributed by atoms with Crippen molar-refractivity contribution < 1.29 is 9.53 Å². The van der Waals surface area contributed by atoms with E-state index >= 15 is 0 Å². The zero-order chi connectivity index (χ0) is 20.6. The van der Waals surface area contributed by atoms with E-state index in [-0.39, 0.29) is 5.91 Å². The standard InChI is InChI=1S/C24H22N4O2/c29-24(23(21-10-3-1-4-11-21)30-22-12-5-2-6-13-22)26-15-19-8-7-9-20(14-19)16-28-18-25-17-27-28/h1-14,17-18,23H,15-16H2,(H,26,29). The number of nitrogens with zero attached hydrogens (tertiary/aromatic N) is 3. The van der Waals surface area contributed by atoms with Gasteiger partial charge in [0.2, 0.25) is 6.10 Å². The first-order valence-electron chi connectivity index (χ1n) is 9.72. The average Bonchev–Trinajstić information content (AvgIpc) is 3.30. The van der Waals surface area contributed by atoms with Crippen molar-refractivity contribution >= 4 is 5.91 Å². The summed E-state index contributed by atoms with van der Waals surface area (Å²) < 4.78 is 7.77. The van der Waals surface area contributed by atoms with Crippen LogP contribution in [0.1, 0.15) is 22.8 Å². The molecule has 6 nitrogen and oxygen atoms in total. The molecule has 0 spiro atoms. The lowest BCUT2D eigenvalue weighted by Crippen LogP contribution is -2.32. The molecule has 6 heteroatoms. The highest BCUT2D eigenvalue weighted by Gasteiger charge is 2.22. The number of hydrogen-bond acceptors (Lipinski definition) is 4. The van der Waals surface area contributed by atoms with Gasteiger partial charge >= 0.3 is 0 Å². The third-order valence-corrected chi connectivity index (χ3v) is 4.61. The first kappa shape index (κ1) is 19.4. The smallest absolute Gasteiger partial charge is 0.266 e. The number of nitrogens with one attached hydrogen (secondary N) is 1. The van der Waals surface area contributed by atoms with Gasteiger partial charge in [0.1, 0.15) is 18.4 Å². The molecule has 1 atom stereocenters. The first-order chi connectivity index (χ1) is 14.8. The monoisotopic (exact) mass is 398 g/mol. The van der Waals surface area contributed by atoms with E-state index in [2.05, 4.69) is 21.5 Å². The van der Waals surface area contributed by atoms with Crippen LogP contribution in [0.4, 0.5) is 0 Å². The molecule has 0 aliphatic rings. The molecule has 0 saturated heterocycles. The van der Waals surface area contributed by atoms with E-state index in [1.165, 1.54) is 6.33 Å². The van der Waals surface area contributed by atoms with Crippen molar-refractivity contribution in [1.82, 2.24) is 20.1 Å². The molecule has 0 bridgehead atoms. The summed E-state index contributed by atoms with van der Waals surface area (Å²) in [6.45, 7) is 1.04. The maximum atomic E-state index is 13.0. The van der Waals surface area contributed by atoms with Crippen LogP contribution in [-0.4, -0.2) is 20.7 Å². The molecule has 3 aromatic carbocycles. The van der Waals surface area contributed by atoms with Crippen molar-refractivity contribution in [3.8, 4) is 5.75 Å². The van der Waals surface area contributed by atoms with Crippen molar-refractivity contribution in [2.75, 3.05) is 0 Å². The minimum atomic E-state index is -0.730. The highest BCUT2D eigenvalue weighted by atomic mass is 16.5. The Hall–Kier alpha value is -3.93. The Bertz CT molecular complexity index is 1070. The van der Waals surface area contributed by atoms with E-state index in [4.69, 9.17) is 4.74 Å². The van der Waals surface area contributed by atoms with Crippen molar-refractivity contribution in [2.45, 2.75) is 19.2 Å². The fraction of sp³-hybridized carbons (Fsp3) is 0.125. The Morgan fingerprint density at radius 3 is 2.40 bits per heavy atom. The number of hydrogen-bond donors (Lipinski definition) is 1. The van der Waals surface area contributed by atoms with E-state index in [9.17, 15) is 4.79 Å². The fourth-order valence-corrected chi connectivity index (χ4v) is 3.16. The lowest BCUT2D eigenvalue weighted by atomic mass is 10.1. The van der Waals surface area contributed by atoms with Crippen LogP contribution < -0.4 is 10.1 Å². The van der Waals surface area contributed by atoms with Crippen molar-refractivity contribution in [3.63, 3.8) is 0 Å². The van der Waals surface area contributed by atoms with Crippen LogP contribution in [0.5, 0.6) is 5.75 Å². The molecule has 1 N–H and O–H groups in total. The second kappa shape index (κ2) is 9.52. The van der Waals surface area contributed by atoms with Crippen LogP contribution >= 0.6 is 0 Å². The van der Waals surface area contributed by atoms with Gasteiger partial charge in [-0.2, -0.15) is 5.10 Å². The highest BCUT2D eigenvalue weighted by Crippen LogP contribution is 2.22.